The molecule has 0 unspecified atom stereocenters. The van der Waals surface area contributed by atoms with E-state index in [1.807, 2.05) is 133 Å². The van der Waals surface area contributed by atoms with Crippen LogP contribution >= 0.6 is 0 Å². The fourth-order valence-electron chi connectivity index (χ4n) is 11.7. The second kappa shape index (κ2) is 21.1. The van der Waals surface area contributed by atoms with Gasteiger partial charge in [-0.15, -0.1) is 0 Å². The molecular formula is C74H34N12. The third-order valence-corrected chi connectivity index (χ3v) is 15.6. The van der Waals surface area contributed by atoms with Crippen LogP contribution < -0.4 is 0 Å². The number of fused-ring (bicyclic) bond motifs is 6. The van der Waals surface area contributed by atoms with Crippen molar-refractivity contribution in [2.24, 2.45) is 0 Å². The molecule has 10 aromatic carbocycles. The molecule has 13 aromatic rings. The van der Waals surface area contributed by atoms with Gasteiger partial charge in [0.05, 0.1) is 150 Å². The van der Waals surface area contributed by atoms with Gasteiger partial charge >= 0.3 is 0 Å². The fourth-order valence-corrected chi connectivity index (χ4v) is 11.7. The molecule has 0 bridgehead atoms. The molecule has 0 atom stereocenters. The Morgan fingerprint density at radius 2 is 0.581 bits per heavy atom. The highest BCUT2D eigenvalue weighted by Crippen LogP contribution is 2.46. The molecule has 12 heteroatoms. The zero-order chi connectivity index (χ0) is 59.2. The summed E-state index contributed by atoms with van der Waals surface area (Å²) in [6, 6.07) is 83.2. The van der Waals surface area contributed by atoms with Gasteiger partial charge in [0.25, 0.3) is 0 Å². The van der Waals surface area contributed by atoms with E-state index in [0.29, 0.717) is 123 Å². The lowest BCUT2D eigenvalue weighted by Gasteiger charge is -2.21. The minimum atomic E-state index is 0.310. The Bertz CT molecular complexity index is 4980. The van der Waals surface area contributed by atoms with Gasteiger partial charge in [-0.05, 0) is 166 Å². The first kappa shape index (κ1) is 51.8. The minimum Gasteiger partial charge on any atom is -0.308 e. The number of hydrogen-bond acceptors (Lipinski definition) is 10. The topological polar surface area (TPSA) is 237 Å². The fraction of sp³-hybridized carbons (Fsp3) is 0. The Kier molecular flexibility index (Phi) is 12.7. The van der Waals surface area contributed by atoms with Gasteiger partial charge in [-0.2, -0.15) is 47.4 Å². The van der Waals surface area contributed by atoms with E-state index in [1.54, 1.807) is 72.8 Å². The molecule has 0 aliphatic rings. The lowest BCUT2D eigenvalue weighted by Crippen LogP contribution is -2.06. The molecule has 0 fully saturated rings. The number of benzene rings is 10. The van der Waals surface area contributed by atoms with E-state index < -0.39 is 0 Å². The number of pyridine rings is 1. The normalized spacial score (nSPS) is 10.7. The van der Waals surface area contributed by atoms with Gasteiger partial charge in [-0.3, -0.25) is 0 Å². The maximum Gasteiger partial charge on any atom is 0.0998 e. The maximum absolute atomic E-state index is 11.3. The molecule has 0 spiro atoms. The number of nitriles is 9. The molecule has 86 heavy (non-hydrogen) atoms. The molecule has 0 radical (unpaired) electrons. The second-order valence-corrected chi connectivity index (χ2v) is 20.3. The zero-order valence-electron chi connectivity index (χ0n) is 45.0. The van der Waals surface area contributed by atoms with E-state index >= 15 is 0 Å². The first-order chi connectivity index (χ1) is 42.2. The first-order valence-corrected chi connectivity index (χ1v) is 26.8. The monoisotopic (exact) mass is 1090 g/mol. The summed E-state index contributed by atoms with van der Waals surface area (Å²) < 4.78 is 4.21. The van der Waals surface area contributed by atoms with Crippen LogP contribution in [0.1, 0.15) is 50.1 Å². The average Bonchev–Trinajstić information content (AvgIpc) is 1.58. The second-order valence-electron chi connectivity index (χ2n) is 20.3. The van der Waals surface area contributed by atoms with E-state index in [-0.39, 0.29) is 0 Å². The molecule has 0 aliphatic carbocycles. The molecule has 12 nitrogen and oxygen atoms in total. The molecule has 3 aromatic heterocycles. The van der Waals surface area contributed by atoms with Gasteiger partial charge in [0.15, 0.2) is 0 Å². The molecule has 0 aliphatic heterocycles. The summed E-state index contributed by atoms with van der Waals surface area (Å²) >= 11 is 0. The number of rotatable bonds is 8. The third kappa shape index (κ3) is 8.60. The molecule has 0 saturated heterocycles. The molecule has 13 rings (SSSR count). The van der Waals surface area contributed by atoms with Crippen molar-refractivity contribution in [1.82, 2.24) is 14.1 Å². The van der Waals surface area contributed by atoms with Crippen LogP contribution in [0, 0.1) is 102 Å². The van der Waals surface area contributed by atoms with Crippen molar-refractivity contribution in [3.8, 4) is 133 Å². The third-order valence-electron chi connectivity index (χ3n) is 15.6. The van der Waals surface area contributed by atoms with Crippen LogP contribution in [0.4, 0.5) is 0 Å². The highest BCUT2D eigenvalue weighted by atomic mass is 15.0. The summed E-state index contributed by atoms with van der Waals surface area (Å²) in [7, 11) is 0. The molecule has 3 heterocycles. The zero-order valence-corrected chi connectivity index (χ0v) is 45.0. The molecule has 0 saturated carbocycles. The average molecular weight is 1090 g/mol. The van der Waals surface area contributed by atoms with Gasteiger partial charge in [0.1, 0.15) is 0 Å². The van der Waals surface area contributed by atoms with Crippen molar-refractivity contribution in [2.45, 2.75) is 0 Å². The standard InChI is InChI=1S/C74H34N12/c75-35-44-9-17-58(54(25-44)40-80)50-13-21-68-62(31-50)63-32-51(59-18-10-45(36-76)26-55(59)41-81)14-22-69(63)85(68)72-29-48(39-79)30-73(74(72)67-8-4-7-66(84-67)49-5-2-1-3-6-49)86-70-23-15-52(60-19-11-46(37-77)27-56(60)42-82)33-64(70)65-34-53(16-24-71(65)86)61-20-12-47(38-78)28-57(61)43-83/h1-34H. The summed E-state index contributed by atoms with van der Waals surface area (Å²) in [5.41, 5.74) is 15.1. The van der Waals surface area contributed by atoms with Crippen LogP contribution in [-0.4, -0.2) is 14.1 Å². The van der Waals surface area contributed by atoms with Crippen molar-refractivity contribution in [2.75, 3.05) is 0 Å². The van der Waals surface area contributed by atoms with Crippen molar-refractivity contribution >= 4 is 43.6 Å². The van der Waals surface area contributed by atoms with Gasteiger partial charge in [-0.25, -0.2) is 4.98 Å². The van der Waals surface area contributed by atoms with E-state index in [1.165, 1.54) is 0 Å². The SMILES string of the molecule is N#Cc1ccc(-c2ccc3c(c2)c2cc(-c4ccc(C#N)cc4C#N)ccc2n3-c2cc(C#N)cc(-n3c4ccc(-c5ccc(C#N)cc5C#N)cc4c4cc(-c5ccc(C#N)cc5C#N)ccc43)c2-c2cccc(-c3ccccc3)n2)c(C#N)c1. The largest absolute Gasteiger partial charge is 0.308 e. The predicted octanol–water partition coefficient (Wildman–Crippen LogP) is 16.1. The van der Waals surface area contributed by atoms with E-state index in [4.69, 9.17) is 4.98 Å². The number of nitrogens with zero attached hydrogens (tertiary/aromatic N) is 12. The smallest absolute Gasteiger partial charge is 0.0998 e. The Morgan fingerprint density at radius 1 is 0.256 bits per heavy atom. The number of aromatic nitrogens is 3. The lowest BCUT2D eigenvalue weighted by atomic mass is 9.95. The summed E-state index contributed by atoms with van der Waals surface area (Å²) in [5, 5.41) is 95.2. The highest BCUT2D eigenvalue weighted by Gasteiger charge is 2.26. The van der Waals surface area contributed by atoms with Crippen molar-refractivity contribution in [3.63, 3.8) is 0 Å². The Hall–Kier alpha value is -13.6. The Balaban J connectivity index is 1.16. The van der Waals surface area contributed by atoms with E-state index in [0.717, 1.165) is 49.2 Å². The van der Waals surface area contributed by atoms with Crippen LogP contribution in [0.3, 0.4) is 0 Å². The van der Waals surface area contributed by atoms with Crippen molar-refractivity contribution < 1.29 is 0 Å². The maximum atomic E-state index is 11.3. The summed E-state index contributed by atoms with van der Waals surface area (Å²) in [6.45, 7) is 0. The lowest BCUT2D eigenvalue weighted by molar-refractivity contribution is 1.12. The molecule has 390 valence electrons. The summed E-state index contributed by atoms with van der Waals surface area (Å²) in [6.07, 6.45) is 0. The van der Waals surface area contributed by atoms with E-state index in [2.05, 4.69) is 63.8 Å². The van der Waals surface area contributed by atoms with Gasteiger partial charge in [0, 0.05) is 32.7 Å². The number of hydrogen-bond donors (Lipinski definition) is 0. The van der Waals surface area contributed by atoms with Crippen LogP contribution in [0.5, 0.6) is 0 Å². The van der Waals surface area contributed by atoms with Crippen molar-refractivity contribution in [3.05, 3.63) is 256 Å². The molecule has 0 N–H and O–H groups in total. The summed E-state index contributed by atoms with van der Waals surface area (Å²) in [5.74, 6) is 0. The predicted molar refractivity (Wildman–Crippen MR) is 328 cm³/mol. The quantitative estimate of drug-likeness (QED) is 0.139. The van der Waals surface area contributed by atoms with Gasteiger partial charge in [-0.1, -0.05) is 84.9 Å². The Morgan fingerprint density at radius 3 is 0.895 bits per heavy atom. The van der Waals surface area contributed by atoms with Crippen LogP contribution in [0.25, 0.3) is 122 Å². The molecular weight excluding hydrogens is 1060 g/mol. The minimum absolute atomic E-state index is 0.310. The highest BCUT2D eigenvalue weighted by molar-refractivity contribution is 6.15. The van der Waals surface area contributed by atoms with E-state index in [9.17, 15) is 47.4 Å². The van der Waals surface area contributed by atoms with Gasteiger partial charge < -0.3 is 9.13 Å². The van der Waals surface area contributed by atoms with Crippen LogP contribution in [-0.2, 0) is 0 Å². The molecule has 0 amide bonds. The van der Waals surface area contributed by atoms with Gasteiger partial charge in [0.2, 0.25) is 0 Å². The van der Waals surface area contributed by atoms with Crippen LogP contribution in [0.2, 0.25) is 0 Å². The first-order valence-electron chi connectivity index (χ1n) is 26.8. The van der Waals surface area contributed by atoms with Crippen LogP contribution in [0.15, 0.2) is 206 Å². The van der Waals surface area contributed by atoms with Crippen molar-refractivity contribution in [1.29, 1.82) is 47.4 Å². The summed E-state index contributed by atoms with van der Waals surface area (Å²) in [4.78, 5) is 5.45. The Labute approximate surface area is 491 Å².